The largest absolute Gasteiger partial charge is 0.488 e. The number of aromatic carboxylic acids is 1. The van der Waals surface area contributed by atoms with Gasteiger partial charge >= 0.3 is 5.97 Å². The Balaban J connectivity index is 2.07. The number of hydrogen-bond donors (Lipinski definition) is 1. The van der Waals surface area contributed by atoms with Crippen LogP contribution in [0.4, 0.5) is 0 Å². The summed E-state index contributed by atoms with van der Waals surface area (Å²) in [5.41, 5.74) is -0.00795. The highest BCUT2D eigenvalue weighted by Gasteiger charge is 2.17. The maximum Gasteiger partial charge on any atom is 0.354 e. The number of carboxylic acids is 1. The lowest BCUT2D eigenvalue weighted by molar-refractivity contribution is 0.0689. The average Bonchev–Trinajstić information content (AvgIpc) is 2.71. The van der Waals surface area contributed by atoms with Crippen LogP contribution in [0.2, 0.25) is 0 Å². The molecule has 1 aromatic rings. The number of aromatic nitrogens is 1. The molecular weight excluding hydrogens is 198 g/mol. The molecular formula is C10H11NO4. The normalized spacial score (nSPS) is 20.1. The van der Waals surface area contributed by atoms with Crippen molar-refractivity contribution in [2.45, 2.75) is 12.5 Å². The van der Waals surface area contributed by atoms with E-state index in [4.69, 9.17) is 14.6 Å². The van der Waals surface area contributed by atoms with Gasteiger partial charge in [0.15, 0.2) is 5.69 Å². The number of rotatable bonds is 3. The Bertz CT molecular complexity index is 360. The van der Waals surface area contributed by atoms with Gasteiger partial charge in [-0.3, -0.25) is 0 Å². The minimum absolute atomic E-state index is 0.00795. The van der Waals surface area contributed by atoms with E-state index >= 15 is 0 Å². The highest BCUT2D eigenvalue weighted by Crippen LogP contribution is 2.16. The molecule has 2 heterocycles. The third-order valence-corrected chi connectivity index (χ3v) is 2.14. The first-order chi connectivity index (χ1) is 7.25. The third kappa shape index (κ3) is 2.44. The van der Waals surface area contributed by atoms with Crippen molar-refractivity contribution in [3.8, 4) is 5.75 Å². The fourth-order valence-electron chi connectivity index (χ4n) is 1.40. The summed E-state index contributed by atoms with van der Waals surface area (Å²) >= 11 is 0. The second-order valence-corrected chi connectivity index (χ2v) is 3.29. The van der Waals surface area contributed by atoms with Crippen LogP contribution in [0.15, 0.2) is 18.3 Å². The van der Waals surface area contributed by atoms with Gasteiger partial charge in [0.05, 0.1) is 13.2 Å². The molecule has 0 aromatic carbocycles. The van der Waals surface area contributed by atoms with Crippen LogP contribution in [-0.4, -0.2) is 35.4 Å². The molecule has 1 aromatic heterocycles. The molecule has 1 atom stereocenters. The highest BCUT2D eigenvalue weighted by atomic mass is 16.5. The van der Waals surface area contributed by atoms with E-state index in [2.05, 4.69) is 4.98 Å². The number of ether oxygens (including phenoxy) is 2. The van der Waals surface area contributed by atoms with Gasteiger partial charge in [-0.2, -0.15) is 0 Å². The fraction of sp³-hybridized carbons (Fsp3) is 0.400. The lowest BCUT2D eigenvalue weighted by Gasteiger charge is -2.11. The van der Waals surface area contributed by atoms with Gasteiger partial charge in [0.2, 0.25) is 0 Å². The first kappa shape index (κ1) is 9.92. The van der Waals surface area contributed by atoms with E-state index in [1.807, 2.05) is 0 Å². The Hall–Kier alpha value is -1.62. The van der Waals surface area contributed by atoms with Crippen molar-refractivity contribution in [2.75, 3.05) is 13.2 Å². The van der Waals surface area contributed by atoms with Crippen molar-refractivity contribution >= 4 is 5.97 Å². The molecule has 1 aliphatic rings. The first-order valence-corrected chi connectivity index (χ1v) is 4.69. The summed E-state index contributed by atoms with van der Waals surface area (Å²) < 4.78 is 10.7. The zero-order valence-corrected chi connectivity index (χ0v) is 8.05. The minimum Gasteiger partial charge on any atom is -0.488 e. The van der Waals surface area contributed by atoms with Crippen LogP contribution in [-0.2, 0) is 4.74 Å². The van der Waals surface area contributed by atoms with Gasteiger partial charge in [-0.1, -0.05) is 0 Å². The Kier molecular flexibility index (Phi) is 2.82. The topological polar surface area (TPSA) is 68.7 Å². The molecule has 1 fully saturated rings. The quantitative estimate of drug-likeness (QED) is 0.802. The summed E-state index contributed by atoms with van der Waals surface area (Å²) in [6.45, 7) is 1.26. The molecule has 0 saturated carbocycles. The molecule has 1 aliphatic heterocycles. The van der Waals surface area contributed by atoms with E-state index < -0.39 is 5.97 Å². The molecule has 80 valence electrons. The summed E-state index contributed by atoms with van der Waals surface area (Å²) in [6, 6.07) is 3.06. The first-order valence-electron chi connectivity index (χ1n) is 4.69. The summed E-state index contributed by atoms with van der Waals surface area (Å²) in [4.78, 5) is 14.4. The SMILES string of the molecule is O=C(O)c1cc(OC2CCOC2)ccn1. The van der Waals surface area contributed by atoms with E-state index in [9.17, 15) is 4.79 Å². The molecule has 1 saturated heterocycles. The molecule has 0 spiro atoms. The maximum absolute atomic E-state index is 10.6. The number of hydrogen-bond acceptors (Lipinski definition) is 4. The van der Waals surface area contributed by atoms with Crippen molar-refractivity contribution in [2.24, 2.45) is 0 Å². The van der Waals surface area contributed by atoms with E-state index in [0.29, 0.717) is 19.0 Å². The van der Waals surface area contributed by atoms with Crippen molar-refractivity contribution < 1.29 is 19.4 Å². The van der Waals surface area contributed by atoms with Gasteiger partial charge in [-0.15, -0.1) is 0 Å². The average molecular weight is 209 g/mol. The van der Waals surface area contributed by atoms with Crippen LogP contribution in [0.25, 0.3) is 0 Å². The zero-order chi connectivity index (χ0) is 10.7. The monoisotopic (exact) mass is 209 g/mol. The van der Waals surface area contributed by atoms with Crippen LogP contribution < -0.4 is 4.74 Å². The van der Waals surface area contributed by atoms with Crippen molar-refractivity contribution in [1.82, 2.24) is 4.98 Å². The molecule has 1 N–H and O–H groups in total. The second kappa shape index (κ2) is 4.27. The smallest absolute Gasteiger partial charge is 0.354 e. The molecule has 0 radical (unpaired) electrons. The van der Waals surface area contributed by atoms with Gasteiger partial charge in [-0.05, 0) is 6.07 Å². The maximum atomic E-state index is 10.6. The fourth-order valence-corrected chi connectivity index (χ4v) is 1.40. The molecule has 0 bridgehead atoms. The number of nitrogens with zero attached hydrogens (tertiary/aromatic N) is 1. The van der Waals surface area contributed by atoms with Gasteiger partial charge in [-0.25, -0.2) is 9.78 Å². The Morgan fingerprint density at radius 1 is 1.67 bits per heavy atom. The van der Waals surface area contributed by atoms with Crippen LogP contribution in [0, 0.1) is 0 Å². The van der Waals surface area contributed by atoms with Crippen LogP contribution in [0.3, 0.4) is 0 Å². The van der Waals surface area contributed by atoms with Crippen LogP contribution >= 0.6 is 0 Å². The third-order valence-electron chi connectivity index (χ3n) is 2.14. The molecule has 15 heavy (non-hydrogen) atoms. The van der Waals surface area contributed by atoms with Crippen LogP contribution in [0.1, 0.15) is 16.9 Å². The Morgan fingerprint density at radius 3 is 3.20 bits per heavy atom. The van der Waals surface area contributed by atoms with E-state index in [-0.39, 0.29) is 11.8 Å². The van der Waals surface area contributed by atoms with Crippen molar-refractivity contribution in [3.63, 3.8) is 0 Å². The predicted octanol–water partition coefficient (Wildman–Crippen LogP) is 0.948. The molecule has 1 unspecified atom stereocenters. The number of carbonyl (C=O) groups is 1. The van der Waals surface area contributed by atoms with E-state index in [1.54, 1.807) is 6.07 Å². The van der Waals surface area contributed by atoms with Gasteiger partial charge in [0.1, 0.15) is 11.9 Å². The lowest BCUT2D eigenvalue weighted by atomic mass is 10.3. The minimum atomic E-state index is -1.05. The van der Waals surface area contributed by atoms with Gasteiger partial charge in [0.25, 0.3) is 0 Å². The lowest BCUT2D eigenvalue weighted by Crippen LogP contribution is -2.16. The summed E-state index contributed by atoms with van der Waals surface area (Å²) in [6.07, 6.45) is 2.29. The Morgan fingerprint density at radius 2 is 2.53 bits per heavy atom. The van der Waals surface area contributed by atoms with Crippen LogP contribution in [0.5, 0.6) is 5.75 Å². The summed E-state index contributed by atoms with van der Waals surface area (Å²) in [7, 11) is 0. The molecule has 2 rings (SSSR count). The van der Waals surface area contributed by atoms with E-state index in [1.165, 1.54) is 12.3 Å². The van der Waals surface area contributed by atoms with Crippen molar-refractivity contribution in [3.05, 3.63) is 24.0 Å². The van der Waals surface area contributed by atoms with E-state index in [0.717, 1.165) is 6.42 Å². The molecule has 5 nitrogen and oxygen atoms in total. The highest BCUT2D eigenvalue weighted by molar-refractivity contribution is 5.85. The molecule has 0 aliphatic carbocycles. The standard InChI is InChI=1S/C10H11NO4/c12-10(13)9-5-7(1-3-11-9)15-8-2-4-14-6-8/h1,3,5,8H,2,4,6H2,(H,12,13). The second-order valence-electron chi connectivity index (χ2n) is 3.29. The van der Waals surface area contributed by atoms with Gasteiger partial charge < -0.3 is 14.6 Å². The predicted molar refractivity (Wildman–Crippen MR) is 51.0 cm³/mol. The number of pyridine rings is 1. The molecule has 5 heteroatoms. The van der Waals surface area contributed by atoms with Gasteiger partial charge in [0, 0.05) is 18.7 Å². The van der Waals surface area contributed by atoms with Crippen molar-refractivity contribution in [1.29, 1.82) is 0 Å². The number of carboxylic acid groups (broad SMARTS) is 1. The Labute approximate surface area is 86.7 Å². The summed E-state index contributed by atoms with van der Waals surface area (Å²) in [5, 5.41) is 8.73. The molecule has 0 amide bonds. The zero-order valence-electron chi connectivity index (χ0n) is 8.05. The summed E-state index contributed by atoms with van der Waals surface area (Å²) in [5.74, 6) is -0.527.